The molecule has 48 heavy (non-hydrogen) atoms. The zero-order chi connectivity index (χ0) is 34.2. The van der Waals surface area contributed by atoms with Crippen LogP contribution in [-0.4, -0.2) is 31.7 Å². The van der Waals surface area contributed by atoms with Gasteiger partial charge < -0.3 is 21.5 Å². The largest absolute Gasteiger partial charge is 1.00 e. The van der Waals surface area contributed by atoms with E-state index < -0.39 is 0 Å². The summed E-state index contributed by atoms with van der Waals surface area (Å²) in [7, 11) is 4.95. The number of hydrogen-bond donors (Lipinski definition) is 0. The minimum Gasteiger partial charge on any atom is -1.00 e. The van der Waals surface area contributed by atoms with Gasteiger partial charge >= 0.3 is 0 Å². The average molecular weight is 743 g/mol. The van der Waals surface area contributed by atoms with E-state index in [0.29, 0.717) is 0 Å². The summed E-state index contributed by atoms with van der Waals surface area (Å²) < 4.78 is 1.25. The first-order valence-corrected chi connectivity index (χ1v) is 22.9. The fraction of sp³-hybridized carbons (Fsp3) is 1.00. The van der Waals surface area contributed by atoms with Crippen LogP contribution in [0.1, 0.15) is 271 Å². The summed E-state index contributed by atoms with van der Waals surface area (Å²) >= 11 is 0. The van der Waals surface area contributed by atoms with Crippen LogP contribution in [0, 0.1) is 0 Å². The van der Waals surface area contributed by atoms with Crippen molar-refractivity contribution in [2.45, 2.75) is 271 Å². The maximum absolute atomic E-state index is 2.48. The highest BCUT2D eigenvalue weighted by molar-refractivity contribution is 4.53. The molecule has 0 N–H and O–H groups in total. The first-order chi connectivity index (χ1) is 23.1. The van der Waals surface area contributed by atoms with E-state index in [4.69, 9.17) is 0 Å². The van der Waals surface area contributed by atoms with E-state index in [9.17, 15) is 0 Å². The van der Waals surface area contributed by atoms with Gasteiger partial charge in [-0.2, -0.15) is 0 Å². The van der Waals surface area contributed by atoms with E-state index in [0.717, 1.165) is 0 Å². The van der Waals surface area contributed by atoms with Crippen molar-refractivity contribution in [3.8, 4) is 0 Å². The summed E-state index contributed by atoms with van der Waals surface area (Å²) in [5.41, 5.74) is 0. The van der Waals surface area contributed by atoms with Crippen LogP contribution in [-0.2, 0) is 0 Å². The fourth-order valence-electron chi connectivity index (χ4n) is 7.70. The average Bonchev–Trinajstić information content (AvgIpc) is 3.06. The zero-order valence-corrected chi connectivity index (χ0v) is 36.1. The molecule has 0 heterocycles. The summed E-state index contributed by atoms with van der Waals surface area (Å²) in [6.07, 6.45) is 58.9. The van der Waals surface area contributed by atoms with Crippen LogP contribution in [0.2, 0.25) is 0 Å². The lowest BCUT2D eigenvalue weighted by atomic mass is 10.0. The van der Waals surface area contributed by atoms with Crippen molar-refractivity contribution >= 4 is 0 Å². The molecule has 0 spiro atoms. The number of nitrogens with zero attached hydrogens (tertiary/aromatic N) is 1. The van der Waals surface area contributed by atoms with Crippen LogP contribution >= 0.6 is 0 Å². The predicted octanol–water partition coefficient (Wildman–Crippen LogP) is 13.7. The Morgan fingerprint density at radius 3 is 0.479 bits per heavy atom. The van der Waals surface area contributed by atoms with Crippen LogP contribution in [0.15, 0.2) is 0 Å². The highest BCUT2D eigenvalue weighted by Crippen LogP contribution is 2.17. The van der Waals surface area contributed by atoms with Gasteiger partial charge in [0.25, 0.3) is 0 Å². The van der Waals surface area contributed by atoms with E-state index in [-0.39, 0.29) is 17.0 Å². The number of rotatable bonds is 42. The molecule has 0 atom stereocenters. The van der Waals surface area contributed by atoms with Gasteiger partial charge in [-0.15, -0.1) is 0 Å². The molecular weight excluding hydrogens is 646 g/mol. The normalized spacial score (nSPS) is 11.8. The Labute approximate surface area is 318 Å². The molecule has 2 heteroatoms. The monoisotopic (exact) mass is 742 g/mol. The highest BCUT2D eigenvalue weighted by Gasteiger charge is 2.13. The molecule has 0 fully saturated rings. The van der Waals surface area contributed by atoms with Gasteiger partial charge in [0.2, 0.25) is 0 Å². The standard InChI is InChI=1S/C46H96N.BrH/c1-5-7-9-11-13-15-17-19-21-23-25-27-29-31-33-35-37-39-41-43-45-47(3,4)46-44-42-40-38-36-34-32-30-28-26-24-22-20-18-16-14-12-10-8-6-2;/h5-46H2,1-4H3;1H/q+1;/p-1. The molecule has 0 amide bonds. The SMILES string of the molecule is CCCCCCCCCCCCCCCCCCCCCC[N+](C)(C)CCCCCCCCCCCCCCCCCCCCCC.[Br-]. The quantitative estimate of drug-likeness (QED) is 0.0432. The molecule has 0 unspecified atom stereocenters. The first-order valence-electron chi connectivity index (χ1n) is 22.9. The minimum absolute atomic E-state index is 0. The molecule has 0 radical (unpaired) electrons. The predicted molar refractivity (Wildman–Crippen MR) is 218 cm³/mol. The summed E-state index contributed by atoms with van der Waals surface area (Å²) in [5.74, 6) is 0. The Kier molecular flexibility index (Phi) is 45.9. The van der Waals surface area contributed by atoms with Crippen LogP contribution in [0.5, 0.6) is 0 Å². The second-order valence-electron chi connectivity index (χ2n) is 16.8. The van der Waals surface area contributed by atoms with Crippen molar-refractivity contribution in [3.63, 3.8) is 0 Å². The minimum atomic E-state index is 0. The molecule has 0 aromatic rings. The summed E-state index contributed by atoms with van der Waals surface area (Å²) in [4.78, 5) is 0. The van der Waals surface area contributed by atoms with Gasteiger partial charge in [0.15, 0.2) is 0 Å². The second kappa shape index (κ2) is 43.6. The van der Waals surface area contributed by atoms with E-state index in [1.807, 2.05) is 0 Å². The van der Waals surface area contributed by atoms with Crippen molar-refractivity contribution in [1.82, 2.24) is 0 Å². The Morgan fingerprint density at radius 2 is 0.333 bits per heavy atom. The van der Waals surface area contributed by atoms with Gasteiger partial charge in [0.05, 0.1) is 27.2 Å². The number of halogens is 1. The lowest BCUT2D eigenvalue weighted by Crippen LogP contribution is -3.00. The van der Waals surface area contributed by atoms with Crippen molar-refractivity contribution in [3.05, 3.63) is 0 Å². The third kappa shape index (κ3) is 44.5. The molecule has 0 bridgehead atoms. The summed E-state index contributed by atoms with van der Waals surface area (Å²) in [5, 5.41) is 0. The Morgan fingerprint density at radius 1 is 0.208 bits per heavy atom. The van der Waals surface area contributed by atoms with Crippen LogP contribution in [0.4, 0.5) is 0 Å². The van der Waals surface area contributed by atoms with Gasteiger partial charge in [0, 0.05) is 0 Å². The molecule has 0 aromatic heterocycles. The highest BCUT2D eigenvalue weighted by atomic mass is 79.9. The Balaban J connectivity index is 0. The molecule has 0 aliphatic rings. The van der Waals surface area contributed by atoms with Gasteiger partial charge in [-0.05, 0) is 25.7 Å². The number of hydrogen-bond acceptors (Lipinski definition) is 0. The molecule has 292 valence electrons. The molecular formula is C46H96BrN. The van der Waals surface area contributed by atoms with E-state index >= 15 is 0 Å². The van der Waals surface area contributed by atoms with Crippen LogP contribution in [0.3, 0.4) is 0 Å². The maximum Gasteiger partial charge on any atom is 0.0782 e. The zero-order valence-electron chi connectivity index (χ0n) is 34.5. The molecule has 0 saturated heterocycles. The van der Waals surface area contributed by atoms with E-state index in [1.165, 1.54) is 274 Å². The lowest BCUT2D eigenvalue weighted by molar-refractivity contribution is -0.890. The Bertz CT molecular complexity index is 500. The number of quaternary nitrogens is 1. The van der Waals surface area contributed by atoms with Crippen molar-refractivity contribution < 1.29 is 21.5 Å². The molecule has 0 saturated carbocycles. The molecule has 0 aromatic carbocycles. The van der Waals surface area contributed by atoms with E-state index in [1.54, 1.807) is 0 Å². The topological polar surface area (TPSA) is 0 Å². The number of unbranched alkanes of at least 4 members (excludes halogenated alkanes) is 38. The van der Waals surface area contributed by atoms with Crippen molar-refractivity contribution in [2.75, 3.05) is 27.2 Å². The van der Waals surface area contributed by atoms with Gasteiger partial charge in [0.1, 0.15) is 0 Å². The third-order valence-electron chi connectivity index (χ3n) is 11.2. The van der Waals surface area contributed by atoms with Crippen molar-refractivity contribution in [2.24, 2.45) is 0 Å². The summed E-state index contributed by atoms with van der Waals surface area (Å²) in [6, 6.07) is 0. The lowest BCUT2D eigenvalue weighted by Gasteiger charge is -2.30. The van der Waals surface area contributed by atoms with Gasteiger partial charge in [-0.25, -0.2) is 0 Å². The fourth-order valence-corrected chi connectivity index (χ4v) is 7.70. The third-order valence-corrected chi connectivity index (χ3v) is 11.2. The molecule has 1 nitrogen and oxygen atoms in total. The Hall–Kier alpha value is 0.440. The first kappa shape index (κ1) is 50.5. The van der Waals surface area contributed by atoms with Crippen molar-refractivity contribution in [1.29, 1.82) is 0 Å². The van der Waals surface area contributed by atoms with E-state index in [2.05, 4.69) is 27.9 Å². The maximum atomic E-state index is 2.48. The molecule has 0 aliphatic carbocycles. The molecule has 0 rings (SSSR count). The van der Waals surface area contributed by atoms with Gasteiger partial charge in [-0.1, -0.05) is 245 Å². The summed E-state index contributed by atoms with van der Waals surface area (Å²) in [6.45, 7) is 7.40. The second-order valence-corrected chi connectivity index (χ2v) is 16.8. The van der Waals surface area contributed by atoms with Gasteiger partial charge in [-0.3, -0.25) is 0 Å². The van der Waals surface area contributed by atoms with Crippen LogP contribution in [0.25, 0.3) is 0 Å². The smallest absolute Gasteiger partial charge is 0.0782 e. The molecule has 0 aliphatic heterocycles. The van der Waals surface area contributed by atoms with Crippen LogP contribution < -0.4 is 17.0 Å².